The first-order valence-corrected chi connectivity index (χ1v) is 7.19. The summed E-state index contributed by atoms with van der Waals surface area (Å²) in [6.45, 7) is 8.53. The van der Waals surface area contributed by atoms with Crippen molar-refractivity contribution in [2.24, 2.45) is 11.3 Å². The minimum absolute atomic E-state index is 0.245. The molecule has 2 heterocycles. The van der Waals surface area contributed by atoms with Gasteiger partial charge < -0.3 is 10.0 Å². The SMILES string of the molecule is CC(C)(C)C1CCCN(c2nnccc2C(=O)O)CC1. The Hall–Kier alpha value is -1.65. The fourth-order valence-electron chi connectivity index (χ4n) is 2.90. The van der Waals surface area contributed by atoms with E-state index in [1.807, 2.05) is 0 Å². The summed E-state index contributed by atoms with van der Waals surface area (Å²) >= 11 is 0. The van der Waals surface area contributed by atoms with Gasteiger partial charge >= 0.3 is 5.97 Å². The maximum atomic E-state index is 11.3. The number of nitrogens with zero attached hydrogens (tertiary/aromatic N) is 3. The molecular formula is C15H23N3O2. The highest BCUT2D eigenvalue weighted by Crippen LogP contribution is 2.35. The fourth-order valence-corrected chi connectivity index (χ4v) is 2.90. The Kier molecular flexibility index (Phi) is 4.26. The van der Waals surface area contributed by atoms with E-state index in [0.717, 1.165) is 25.9 Å². The highest BCUT2D eigenvalue weighted by Gasteiger charge is 2.28. The summed E-state index contributed by atoms with van der Waals surface area (Å²) < 4.78 is 0. The zero-order valence-corrected chi connectivity index (χ0v) is 12.5. The van der Waals surface area contributed by atoms with Crippen molar-refractivity contribution in [3.8, 4) is 0 Å². The Morgan fingerprint density at radius 3 is 2.75 bits per heavy atom. The van der Waals surface area contributed by atoms with Gasteiger partial charge in [0.25, 0.3) is 0 Å². The first-order chi connectivity index (χ1) is 9.39. The monoisotopic (exact) mass is 277 g/mol. The van der Waals surface area contributed by atoms with Gasteiger partial charge in [-0.2, -0.15) is 5.10 Å². The van der Waals surface area contributed by atoms with E-state index in [1.165, 1.54) is 18.7 Å². The molecule has 2 rings (SSSR count). The van der Waals surface area contributed by atoms with E-state index in [4.69, 9.17) is 0 Å². The van der Waals surface area contributed by atoms with Crippen molar-refractivity contribution in [1.82, 2.24) is 10.2 Å². The van der Waals surface area contributed by atoms with Crippen LogP contribution in [0.25, 0.3) is 0 Å². The molecule has 1 N–H and O–H groups in total. The minimum atomic E-state index is -0.938. The quantitative estimate of drug-likeness (QED) is 0.900. The molecule has 1 saturated heterocycles. The molecule has 0 bridgehead atoms. The van der Waals surface area contributed by atoms with Gasteiger partial charge in [0.1, 0.15) is 5.56 Å². The maximum Gasteiger partial charge on any atom is 0.339 e. The van der Waals surface area contributed by atoms with Gasteiger partial charge in [-0.15, -0.1) is 5.10 Å². The van der Waals surface area contributed by atoms with Crippen molar-refractivity contribution in [2.75, 3.05) is 18.0 Å². The number of anilines is 1. The van der Waals surface area contributed by atoms with Gasteiger partial charge in [-0.25, -0.2) is 4.79 Å². The van der Waals surface area contributed by atoms with Crippen LogP contribution in [0.2, 0.25) is 0 Å². The molecule has 5 nitrogen and oxygen atoms in total. The lowest BCUT2D eigenvalue weighted by atomic mass is 9.77. The number of carboxylic acids is 1. The third kappa shape index (κ3) is 3.26. The average Bonchev–Trinajstić information content (AvgIpc) is 2.63. The number of hydrogen-bond donors (Lipinski definition) is 1. The minimum Gasteiger partial charge on any atom is -0.478 e. The van der Waals surface area contributed by atoms with Gasteiger partial charge in [-0.1, -0.05) is 20.8 Å². The molecule has 1 aliphatic heterocycles. The lowest BCUT2D eigenvalue weighted by Gasteiger charge is -2.30. The van der Waals surface area contributed by atoms with Crippen molar-refractivity contribution >= 4 is 11.8 Å². The lowest BCUT2D eigenvalue weighted by Crippen LogP contribution is -2.28. The van der Waals surface area contributed by atoms with Crippen LogP contribution in [-0.4, -0.2) is 34.4 Å². The van der Waals surface area contributed by atoms with Crippen LogP contribution in [0, 0.1) is 11.3 Å². The molecule has 1 aromatic rings. The van der Waals surface area contributed by atoms with Crippen LogP contribution in [0.4, 0.5) is 5.82 Å². The van der Waals surface area contributed by atoms with E-state index in [0.29, 0.717) is 17.2 Å². The van der Waals surface area contributed by atoms with Crippen LogP contribution in [-0.2, 0) is 0 Å². The summed E-state index contributed by atoms with van der Waals surface area (Å²) in [4.78, 5) is 13.4. The van der Waals surface area contributed by atoms with Crippen LogP contribution in [0.5, 0.6) is 0 Å². The molecule has 0 saturated carbocycles. The van der Waals surface area contributed by atoms with Crippen molar-refractivity contribution in [3.05, 3.63) is 17.8 Å². The molecule has 1 atom stereocenters. The number of hydrogen-bond acceptors (Lipinski definition) is 4. The Morgan fingerprint density at radius 2 is 2.10 bits per heavy atom. The first-order valence-electron chi connectivity index (χ1n) is 7.19. The second kappa shape index (κ2) is 5.77. The van der Waals surface area contributed by atoms with Crippen LogP contribution >= 0.6 is 0 Å². The predicted octanol–water partition coefficient (Wildman–Crippen LogP) is 2.83. The number of rotatable bonds is 2. The largest absolute Gasteiger partial charge is 0.478 e. The van der Waals surface area contributed by atoms with Crippen molar-refractivity contribution in [1.29, 1.82) is 0 Å². The number of aromatic carboxylic acids is 1. The number of aromatic nitrogens is 2. The Labute approximate surface area is 120 Å². The Morgan fingerprint density at radius 1 is 1.35 bits per heavy atom. The van der Waals surface area contributed by atoms with E-state index in [-0.39, 0.29) is 5.56 Å². The average molecular weight is 277 g/mol. The topological polar surface area (TPSA) is 66.3 Å². The summed E-state index contributed by atoms with van der Waals surface area (Å²) in [5, 5.41) is 17.1. The van der Waals surface area contributed by atoms with Gasteiger partial charge in [0.15, 0.2) is 5.82 Å². The van der Waals surface area contributed by atoms with Crippen LogP contribution in [0.1, 0.15) is 50.4 Å². The summed E-state index contributed by atoms with van der Waals surface area (Å²) in [5.41, 5.74) is 0.544. The summed E-state index contributed by atoms with van der Waals surface area (Å²) in [6.07, 6.45) is 4.75. The van der Waals surface area contributed by atoms with Gasteiger partial charge in [-0.3, -0.25) is 0 Å². The van der Waals surface area contributed by atoms with Gasteiger partial charge in [-0.05, 0) is 36.7 Å². The molecule has 0 aliphatic carbocycles. The van der Waals surface area contributed by atoms with E-state index >= 15 is 0 Å². The van der Waals surface area contributed by atoms with Crippen LogP contribution in [0.3, 0.4) is 0 Å². The van der Waals surface area contributed by atoms with Gasteiger partial charge in [0.05, 0.1) is 6.20 Å². The third-order valence-electron chi connectivity index (χ3n) is 4.18. The van der Waals surface area contributed by atoms with Gasteiger partial charge in [0.2, 0.25) is 0 Å². The molecule has 0 spiro atoms. The molecule has 110 valence electrons. The molecule has 1 aromatic heterocycles. The molecule has 1 fully saturated rings. The highest BCUT2D eigenvalue weighted by molar-refractivity contribution is 5.93. The number of carbonyl (C=O) groups is 1. The summed E-state index contributed by atoms with van der Waals surface area (Å²) in [7, 11) is 0. The molecule has 5 heteroatoms. The third-order valence-corrected chi connectivity index (χ3v) is 4.18. The smallest absolute Gasteiger partial charge is 0.339 e. The van der Waals surface area contributed by atoms with E-state index in [2.05, 4.69) is 35.9 Å². The maximum absolute atomic E-state index is 11.3. The van der Waals surface area contributed by atoms with Crippen molar-refractivity contribution in [2.45, 2.75) is 40.0 Å². The zero-order chi connectivity index (χ0) is 14.8. The summed E-state index contributed by atoms with van der Waals surface area (Å²) in [5.74, 6) is 0.235. The molecule has 0 amide bonds. The van der Waals surface area contributed by atoms with Crippen molar-refractivity contribution < 1.29 is 9.90 Å². The van der Waals surface area contributed by atoms with Crippen LogP contribution in [0.15, 0.2) is 12.3 Å². The second-order valence-corrected chi connectivity index (χ2v) is 6.55. The van der Waals surface area contributed by atoms with E-state index in [9.17, 15) is 9.90 Å². The standard InChI is InChI=1S/C15H23N3O2/c1-15(2,3)11-5-4-9-18(10-7-11)13-12(14(19)20)6-8-16-17-13/h6,8,11H,4-5,7,9-10H2,1-3H3,(H,19,20). The fraction of sp³-hybridized carbons (Fsp3) is 0.667. The number of carboxylic acid groups (broad SMARTS) is 1. The summed E-state index contributed by atoms with van der Waals surface area (Å²) in [6, 6.07) is 1.52. The van der Waals surface area contributed by atoms with E-state index in [1.54, 1.807) is 0 Å². The molecule has 20 heavy (non-hydrogen) atoms. The molecular weight excluding hydrogens is 254 g/mol. The molecule has 1 unspecified atom stereocenters. The Bertz CT molecular complexity index is 482. The normalized spacial score (nSPS) is 20.6. The first kappa shape index (κ1) is 14.8. The molecule has 0 radical (unpaired) electrons. The second-order valence-electron chi connectivity index (χ2n) is 6.55. The Balaban J connectivity index is 2.17. The van der Waals surface area contributed by atoms with Crippen molar-refractivity contribution in [3.63, 3.8) is 0 Å². The zero-order valence-electron chi connectivity index (χ0n) is 12.5. The molecule has 0 aromatic carbocycles. The van der Waals surface area contributed by atoms with Gasteiger partial charge in [0, 0.05) is 13.1 Å². The van der Waals surface area contributed by atoms with Crippen LogP contribution < -0.4 is 4.90 Å². The van der Waals surface area contributed by atoms with E-state index < -0.39 is 5.97 Å². The predicted molar refractivity (Wildman–Crippen MR) is 78.0 cm³/mol. The molecule has 1 aliphatic rings. The lowest BCUT2D eigenvalue weighted by molar-refractivity contribution is 0.0697. The highest BCUT2D eigenvalue weighted by atomic mass is 16.4.